The third-order valence-corrected chi connectivity index (χ3v) is 2.84. The molecule has 0 aliphatic heterocycles. The number of aromatic nitrogens is 1. The van der Waals surface area contributed by atoms with Crippen LogP contribution in [0.5, 0.6) is 0 Å². The van der Waals surface area contributed by atoms with Crippen molar-refractivity contribution in [1.82, 2.24) is 4.98 Å². The first-order valence-corrected chi connectivity index (χ1v) is 6.46. The lowest BCUT2D eigenvalue weighted by Gasteiger charge is -2.22. The van der Waals surface area contributed by atoms with Gasteiger partial charge in [-0.3, -0.25) is 0 Å². The highest BCUT2D eigenvalue weighted by Crippen LogP contribution is 2.21. The molecule has 0 saturated heterocycles. The number of hydrogen-bond acceptors (Lipinski definition) is 4. The van der Waals surface area contributed by atoms with Crippen molar-refractivity contribution in [2.24, 2.45) is 5.92 Å². The van der Waals surface area contributed by atoms with Crippen LogP contribution in [0.15, 0.2) is 6.07 Å². The Hall–Kier alpha value is -1.43. The van der Waals surface area contributed by atoms with E-state index in [2.05, 4.69) is 15.6 Å². The highest BCUT2D eigenvalue weighted by Gasteiger charge is 2.17. The van der Waals surface area contributed by atoms with Crippen molar-refractivity contribution in [2.45, 2.75) is 33.2 Å². The van der Waals surface area contributed by atoms with Crippen molar-refractivity contribution < 1.29 is 13.9 Å². The predicted octanol–water partition coefficient (Wildman–Crippen LogP) is 2.61. The van der Waals surface area contributed by atoms with Crippen molar-refractivity contribution in [3.63, 3.8) is 0 Å². The van der Waals surface area contributed by atoms with Gasteiger partial charge in [-0.1, -0.05) is 13.8 Å². The number of pyridine rings is 1. The molecule has 0 amide bonds. The Morgan fingerprint density at radius 3 is 2.42 bits per heavy atom. The summed E-state index contributed by atoms with van der Waals surface area (Å²) in [6.07, 6.45) is 0.479. The average molecular weight is 273 g/mol. The van der Waals surface area contributed by atoms with Gasteiger partial charge in [0.25, 0.3) is 0 Å². The SMILES string of the molecule is CCNc1nc(NC(CCO)C(C)C)c(F)cc1F. The molecule has 1 atom stereocenters. The number of anilines is 2. The number of hydrogen-bond donors (Lipinski definition) is 3. The van der Waals surface area contributed by atoms with Crippen molar-refractivity contribution in [3.05, 3.63) is 17.7 Å². The monoisotopic (exact) mass is 273 g/mol. The molecule has 1 heterocycles. The molecule has 19 heavy (non-hydrogen) atoms. The number of aliphatic hydroxyl groups excluding tert-OH is 1. The van der Waals surface area contributed by atoms with Crippen LogP contribution in [-0.2, 0) is 0 Å². The summed E-state index contributed by atoms with van der Waals surface area (Å²) in [6, 6.07) is 0.691. The summed E-state index contributed by atoms with van der Waals surface area (Å²) in [5, 5.41) is 14.6. The molecule has 0 radical (unpaired) electrons. The zero-order valence-electron chi connectivity index (χ0n) is 11.5. The first-order valence-electron chi connectivity index (χ1n) is 6.46. The molecule has 1 unspecified atom stereocenters. The molecule has 1 aromatic heterocycles. The third-order valence-electron chi connectivity index (χ3n) is 2.84. The van der Waals surface area contributed by atoms with Crippen LogP contribution < -0.4 is 10.6 Å². The number of rotatable bonds is 7. The van der Waals surface area contributed by atoms with Crippen molar-refractivity contribution in [2.75, 3.05) is 23.8 Å². The van der Waals surface area contributed by atoms with E-state index in [1.165, 1.54) is 0 Å². The van der Waals surface area contributed by atoms with Crippen LogP contribution in [0, 0.1) is 17.6 Å². The molecule has 0 aliphatic rings. The van der Waals surface area contributed by atoms with E-state index in [9.17, 15) is 8.78 Å². The summed E-state index contributed by atoms with van der Waals surface area (Å²) in [5.74, 6) is -1.22. The van der Waals surface area contributed by atoms with E-state index in [4.69, 9.17) is 5.11 Å². The van der Waals surface area contributed by atoms with E-state index in [-0.39, 0.29) is 30.2 Å². The van der Waals surface area contributed by atoms with Crippen molar-refractivity contribution in [1.29, 1.82) is 0 Å². The second kappa shape index (κ2) is 7.23. The quantitative estimate of drug-likeness (QED) is 0.715. The average Bonchev–Trinajstić information content (AvgIpc) is 2.34. The van der Waals surface area contributed by atoms with E-state index in [0.717, 1.165) is 6.07 Å². The largest absolute Gasteiger partial charge is 0.396 e. The maximum absolute atomic E-state index is 13.7. The molecule has 3 N–H and O–H groups in total. The molecule has 108 valence electrons. The smallest absolute Gasteiger partial charge is 0.168 e. The van der Waals surface area contributed by atoms with Gasteiger partial charge in [0, 0.05) is 25.3 Å². The van der Waals surface area contributed by atoms with Crippen LogP contribution in [0.2, 0.25) is 0 Å². The summed E-state index contributed by atoms with van der Waals surface area (Å²) in [4.78, 5) is 3.91. The van der Waals surface area contributed by atoms with Crippen LogP contribution in [0.25, 0.3) is 0 Å². The lowest BCUT2D eigenvalue weighted by atomic mass is 10.0. The predicted molar refractivity (Wildman–Crippen MR) is 72.3 cm³/mol. The molecule has 0 fully saturated rings. The maximum atomic E-state index is 13.7. The number of aliphatic hydroxyl groups is 1. The summed E-state index contributed by atoms with van der Waals surface area (Å²) in [5.41, 5.74) is 0. The van der Waals surface area contributed by atoms with Gasteiger partial charge in [0.05, 0.1) is 0 Å². The normalized spacial score (nSPS) is 12.6. The molecule has 0 aromatic carbocycles. The molecule has 1 rings (SSSR count). The lowest BCUT2D eigenvalue weighted by Crippen LogP contribution is -2.28. The highest BCUT2D eigenvalue weighted by atomic mass is 19.1. The topological polar surface area (TPSA) is 57.2 Å². The molecule has 6 heteroatoms. The van der Waals surface area contributed by atoms with Crippen LogP contribution >= 0.6 is 0 Å². The first kappa shape index (κ1) is 15.6. The number of nitrogens with zero attached hydrogens (tertiary/aromatic N) is 1. The van der Waals surface area contributed by atoms with Gasteiger partial charge in [-0.15, -0.1) is 0 Å². The summed E-state index contributed by atoms with van der Waals surface area (Å²) in [6.45, 7) is 6.22. The molecule has 0 bridgehead atoms. The van der Waals surface area contributed by atoms with Crippen LogP contribution in [0.3, 0.4) is 0 Å². The Morgan fingerprint density at radius 1 is 1.26 bits per heavy atom. The minimum Gasteiger partial charge on any atom is -0.396 e. The van der Waals surface area contributed by atoms with Gasteiger partial charge in [-0.25, -0.2) is 13.8 Å². The summed E-state index contributed by atoms with van der Waals surface area (Å²) < 4.78 is 27.1. The Bertz CT molecular complexity index is 413. The third kappa shape index (κ3) is 4.31. The Balaban J connectivity index is 2.95. The van der Waals surface area contributed by atoms with Crippen LogP contribution in [0.4, 0.5) is 20.4 Å². The Labute approximate surface area is 112 Å². The summed E-state index contributed by atoms with van der Waals surface area (Å²) >= 11 is 0. The van der Waals surface area contributed by atoms with E-state index >= 15 is 0 Å². The molecule has 1 aromatic rings. The van der Waals surface area contributed by atoms with E-state index in [1.807, 2.05) is 13.8 Å². The van der Waals surface area contributed by atoms with Gasteiger partial charge in [-0.05, 0) is 19.3 Å². The zero-order valence-corrected chi connectivity index (χ0v) is 11.5. The standard InChI is InChI=1S/C13H21F2N3O/c1-4-16-12-9(14)7-10(15)13(18-12)17-11(5-6-19)8(2)3/h7-8,11,19H,4-6H2,1-3H3,(H2,16,17,18). The van der Waals surface area contributed by atoms with Gasteiger partial charge in [-0.2, -0.15) is 0 Å². The fraction of sp³-hybridized carbons (Fsp3) is 0.615. The lowest BCUT2D eigenvalue weighted by molar-refractivity contribution is 0.267. The Morgan fingerprint density at radius 2 is 1.89 bits per heavy atom. The molecule has 0 saturated carbocycles. The number of halogens is 2. The second-order valence-corrected chi connectivity index (χ2v) is 4.69. The van der Waals surface area contributed by atoms with E-state index in [1.54, 1.807) is 6.92 Å². The highest BCUT2D eigenvalue weighted by molar-refractivity contribution is 5.48. The van der Waals surface area contributed by atoms with Gasteiger partial charge in [0.15, 0.2) is 23.3 Å². The maximum Gasteiger partial charge on any atom is 0.168 e. The van der Waals surface area contributed by atoms with Gasteiger partial charge < -0.3 is 15.7 Å². The molecule has 0 spiro atoms. The van der Waals surface area contributed by atoms with Gasteiger partial charge in [0.1, 0.15) is 0 Å². The second-order valence-electron chi connectivity index (χ2n) is 4.69. The molecule has 4 nitrogen and oxygen atoms in total. The fourth-order valence-electron chi connectivity index (χ4n) is 1.75. The van der Waals surface area contributed by atoms with E-state index in [0.29, 0.717) is 13.0 Å². The Kier molecular flexibility index (Phi) is 5.95. The molecular formula is C13H21F2N3O. The van der Waals surface area contributed by atoms with Gasteiger partial charge >= 0.3 is 0 Å². The van der Waals surface area contributed by atoms with Crippen molar-refractivity contribution >= 4 is 11.6 Å². The summed E-state index contributed by atoms with van der Waals surface area (Å²) in [7, 11) is 0. The molecule has 0 aliphatic carbocycles. The van der Waals surface area contributed by atoms with Crippen molar-refractivity contribution in [3.8, 4) is 0 Å². The van der Waals surface area contributed by atoms with Crippen LogP contribution in [0.1, 0.15) is 27.2 Å². The minimum atomic E-state index is -0.734. The van der Waals surface area contributed by atoms with E-state index < -0.39 is 11.6 Å². The molecular weight excluding hydrogens is 252 g/mol. The minimum absolute atomic E-state index is 0.00126. The fourth-order valence-corrected chi connectivity index (χ4v) is 1.75. The van der Waals surface area contributed by atoms with Gasteiger partial charge in [0.2, 0.25) is 0 Å². The number of nitrogens with one attached hydrogen (secondary N) is 2. The first-order chi connectivity index (χ1) is 8.99. The zero-order chi connectivity index (χ0) is 14.4. The van der Waals surface area contributed by atoms with Crippen LogP contribution in [-0.4, -0.2) is 29.3 Å².